The molecule has 0 atom stereocenters. The summed E-state index contributed by atoms with van der Waals surface area (Å²) in [4.78, 5) is 0. The van der Waals surface area contributed by atoms with Gasteiger partial charge in [-0.15, -0.1) is 0 Å². The minimum atomic E-state index is -0.583. The van der Waals surface area contributed by atoms with Crippen molar-refractivity contribution in [2.24, 2.45) is 0 Å². The molecule has 0 bridgehead atoms. The van der Waals surface area contributed by atoms with Gasteiger partial charge < -0.3 is 19.0 Å². The molecule has 0 aromatic rings. The molecule has 0 spiro atoms. The molecule has 0 aliphatic heterocycles. The van der Waals surface area contributed by atoms with E-state index < -0.39 is 14.9 Å². The van der Waals surface area contributed by atoms with Crippen molar-refractivity contribution >= 4 is 33.1 Å². The first-order valence-corrected chi connectivity index (χ1v) is 8.19. The van der Waals surface area contributed by atoms with Gasteiger partial charge in [0, 0.05) is 0 Å². The molecular weight excluding hydrogens is 296 g/mol. The average Bonchev–Trinajstić information content (AvgIpc) is 0.918. The molecule has 0 saturated heterocycles. The van der Waals surface area contributed by atoms with Crippen molar-refractivity contribution in [1.82, 2.24) is 0 Å². The first kappa shape index (κ1) is 16.1. The van der Waals surface area contributed by atoms with Crippen LogP contribution in [0.1, 0.15) is 0 Å². The zero-order valence-corrected chi connectivity index (χ0v) is 7.63. The minimum absolute atomic E-state index is 0. The van der Waals surface area contributed by atoms with E-state index in [2.05, 4.69) is 19.6 Å². The van der Waals surface area contributed by atoms with Gasteiger partial charge in [0.15, 0.2) is 0 Å². The Hall–Kier alpha value is 1.44. The van der Waals surface area contributed by atoms with Crippen LogP contribution in [0.5, 0.6) is 0 Å². The Bertz CT molecular complexity index is 27.9. The SMILES string of the molecule is O.[SH-].[S]=[W]=[S]. The van der Waals surface area contributed by atoms with Gasteiger partial charge in [-0.2, -0.15) is 0 Å². The summed E-state index contributed by atoms with van der Waals surface area (Å²) in [5, 5.41) is 0. The van der Waals surface area contributed by atoms with Gasteiger partial charge in [0.1, 0.15) is 0 Å². The van der Waals surface area contributed by atoms with E-state index in [0.29, 0.717) is 0 Å². The van der Waals surface area contributed by atoms with Crippen LogP contribution < -0.4 is 0 Å². The van der Waals surface area contributed by atoms with Gasteiger partial charge in [-0.25, -0.2) is 0 Å². The van der Waals surface area contributed by atoms with Crippen molar-refractivity contribution in [3.8, 4) is 0 Å². The molecule has 0 unspecified atom stereocenters. The van der Waals surface area contributed by atoms with Crippen LogP contribution in [0.2, 0.25) is 0 Å². The zero-order valence-electron chi connectivity index (χ0n) is 2.17. The number of hydrogen-bond acceptors (Lipinski definition) is 3. The number of rotatable bonds is 0. The van der Waals surface area contributed by atoms with Crippen molar-refractivity contribution in [2.75, 3.05) is 0 Å². The molecular formula is H3OS3W-. The molecule has 0 aliphatic carbocycles. The molecule has 0 fully saturated rings. The van der Waals surface area contributed by atoms with Crippen LogP contribution in [0.4, 0.5) is 0 Å². The fourth-order valence-electron chi connectivity index (χ4n) is 0. The van der Waals surface area contributed by atoms with Crippen LogP contribution in [-0.2, 0) is 28.4 Å². The fourth-order valence-corrected chi connectivity index (χ4v) is 0. The zero-order chi connectivity index (χ0) is 2.71. The van der Waals surface area contributed by atoms with E-state index in [4.69, 9.17) is 0 Å². The predicted molar refractivity (Wildman–Crippen MR) is 27.6 cm³/mol. The van der Waals surface area contributed by atoms with E-state index in [1.807, 2.05) is 0 Å². The third kappa shape index (κ3) is 31.1. The van der Waals surface area contributed by atoms with Crippen molar-refractivity contribution in [1.29, 1.82) is 0 Å². The second kappa shape index (κ2) is 18.0. The Kier molecular flexibility index (Phi) is 58.0. The molecule has 0 aromatic carbocycles. The van der Waals surface area contributed by atoms with E-state index >= 15 is 0 Å². The van der Waals surface area contributed by atoms with Gasteiger partial charge in [-0.05, 0) is 0 Å². The van der Waals surface area contributed by atoms with Crippen molar-refractivity contribution in [2.45, 2.75) is 0 Å². The Balaban J connectivity index is -0.0000000200. The Morgan fingerprint density at radius 1 is 1.20 bits per heavy atom. The quantitative estimate of drug-likeness (QED) is 0.473. The first-order chi connectivity index (χ1) is 1.41. The van der Waals surface area contributed by atoms with Crippen LogP contribution in [0, 0.1) is 0 Å². The summed E-state index contributed by atoms with van der Waals surface area (Å²) in [6.07, 6.45) is 0. The molecule has 1 nitrogen and oxygen atoms in total. The van der Waals surface area contributed by atoms with E-state index in [9.17, 15) is 0 Å². The molecule has 0 aromatic heterocycles. The van der Waals surface area contributed by atoms with E-state index in [1.165, 1.54) is 0 Å². The summed E-state index contributed by atoms with van der Waals surface area (Å²) < 4.78 is 0. The van der Waals surface area contributed by atoms with Gasteiger partial charge in [0.05, 0.1) is 0 Å². The van der Waals surface area contributed by atoms with Gasteiger partial charge in [-0.3, -0.25) is 0 Å². The summed E-state index contributed by atoms with van der Waals surface area (Å²) in [6.45, 7) is 0. The maximum atomic E-state index is 4.38. The maximum absolute atomic E-state index is 4.38. The molecule has 0 aliphatic rings. The Morgan fingerprint density at radius 2 is 1.20 bits per heavy atom. The summed E-state index contributed by atoms with van der Waals surface area (Å²) in [6, 6.07) is 0. The summed E-state index contributed by atoms with van der Waals surface area (Å²) in [5.41, 5.74) is 0. The Labute approximate surface area is 53.3 Å². The second-order valence-corrected chi connectivity index (χ2v) is 5.01. The summed E-state index contributed by atoms with van der Waals surface area (Å²) in [7, 11) is 8.75. The van der Waals surface area contributed by atoms with Crippen LogP contribution in [-0.4, -0.2) is 5.48 Å². The van der Waals surface area contributed by atoms with Gasteiger partial charge in [0.25, 0.3) is 0 Å². The van der Waals surface area contributed by atoms with Crippen molar-refractivity contribution < 1.29 is 20.4 Å². The molecule has 34 valence electrons. The van der Waals surface area contributed by atoms with E-state index in [0.717, 1.165) is 0 Å². The van der Waals surface area contributed by atoms with Crippen molar-refractivity contribution in [3.05, 3.63) is 0 Å². The third-order valence-corrected chi connectivity index (χ3v) is 0. The van der Waals surface area contributed by atoms with E-state index in [1.54, 1.807) is 0 Å². The van der Waals surface area contributed by atoms with Crippen LogP contribution >= 0.6 is 19.6 Å². The molecule has 0 saturated carbocycles. The molecule has 5 heteroatoms. The number of hydrogen-bond donors (Lipinski definition) is 0. The summed E-state index contributed by atoms with van der Waals surface area (Å²) in [5.74, 6) is 0. The van der Waals surface area contributed by atoms with Crippen molar-refractivity contribution in [3.63, 3.8) is 0 Å². The van der Waals surface area contributed by atoms with Crippen LogP contribution in [0.25, 0.3) is 0 Å². The normalized spacial score (nSPS) is 2.40. The monoisotopic (exact) mass is 299 g/mol. The van der Waals surface area contributed by atoms with Crippen LogP contribution in [0.15, 0.2) is 0 Å². The standard InChI is InChI=1S/H2O.H2S.2S.W/h2*1H2;;;/p-1. The molecule has 0 amide bonds. The van der Waals surface area contributed by atoms with E-state index in [-0.39, 0.29) is 19.0 Å². The third-order valence-electron chi connectivity index (χ3n) is 0. The molecule has 0 radical (unpaired) electrons. The molecule has 0 rings (SSSR count). The topological polar surface area (TPSA) is 31.5 Å². The Morgan fingerprint density at radius 3 is 1.20 bits per heavy atom. The molecule has 5 heavy (non-hydrogen) atoms. The fraction of sp³-hybridized carbons (Fsp3) is 0. The second-order valence-electron chi connectivity index (χ2n) is 0.0680. The summed E-state index contributed by atoms with van der Waals surface area (Å²) >= 11 is -0.583. The van der Waals surface area contributed by atoms with Gasteiger partial charge >= 0.3 is 34.6 Å². The number of thiol groups is 1. The first-order valence-electron chi connectivity index (χ1n) is 0.333. The predicted octanol–water partition coefficient (Wildman–Crippen LogP) is 0.199. The van der Waals surface area contributed by atoms with Crippen LogP contribution in [0.3, 0.4) is 0 Å². The van der Waals surface area contributed by atoms with Gasteiger partial charge in [0.2, 0.25) is 0 Å². The van der Waals surface area contributed by atoms with Gasteiger partial charge in [-0.1, -0.05) is 0 Å². The average molecular weight is 299 g/mol. The molecule has 0 heterocycles. The molecule has 2 N–H and O–H groups in total.